The zero-order chi connectivity index (χ0) is 27.4. The van der Waals surface area contributed by atoms with Gasteiger partial charge in [-0.2, -0.15) is 4.99 Å². The van der Waals surface area contributed by atoms with Crippen molar-refractivity contribution in [2.45, 2.75) is 0 Å². The van der Waals surface area contributed by atoms with Gasteiger partial charge in [0.1, 0.15) is 0 Å². The Morgan fingerprint density at radius 2 is 1.21 bits per heavy atom. The summed E-state index contributed by atoms with van der Waals surface area (Å²) in [4.78, 5) is 19.5. The van der Waals surface area contributed by atoms with Gasteiger partial charge in [-0.3, -0.25) is 4.79 Å². The normalized spacial score (nSPS) is 11.3. The number of thiazole rings is 1. The number of hydrogen-bond acceptors (Lipinski definition) is 5. The van der Waals surface area contributed by atoms with E-state index < -0.39 is 5.91 Å². The Bertz CT molecular complexity index is 1650. The van der Waals surface area contributed by atoms with Crippen molar-refractivity contribution in [2.24, 2.45) is 12.0 Å². The lowest BCUT2D eigenvalue weighted by Crippen LogP contribution is -2.14. The number of rotatable bonds is 7. The van der Waals surface area contributed by atoms with Crippen LogP contribution in [-0.4, -0.2) is 31.8 Å². The molecule has 196 valence electrons. The molecule has 6 nitrogen and oxygen atoms in total. The molecule has 4 aromatic carbocycles. The summed E-state index contributed by atoms with van der Waals surface area (Å²) in [6.45, 7) is 0. The Morgan fingerprint density at radius 1 is 0.692 bits per heavy atom. The Balaban J connectivity index is 1.62. The van der Waals surface area contributed by atoms with E-state index in [9.17, 15) is 4.79 Å². The second-order valence-electron chi connectivity index (χ2n) is 8.76. The molecule has 7 heteroatoms. The van der Waals surface area contributed by atoms with E-state index in [0.29, 0.717) is 27.6 Å². The molecule has 0 saturated heterocycles. The summed E-state index contributed by atoms with van der Waals surface area (Å²) in [5, 5.41) is 0. The number of ether oxygens (including phenoxy) is 3. The summed E-state index contributed by atoms with van der Waals surface area (Å²) in [6, 6.07) is 32.1. The van der Waals surface area contributed by atoms with E-state index in [1.54, 1.807) is 12.1 Å². The average molecular weight is 537 g/mol. The molecular formula is C32H28N2O4S. The van der Waals surface area contributed by atoms with Crippen LogP contribution in [0.5, 0.6) is 17.2 Å². The largest absolute Gasteiger partial charge is 0.493 e. The molecule has 0 saturated carbocycles. The summed E-state index contributed by atoms with van der Waals surface area (Å²) in [5.74, 6) is 0.813. The second-order valence-corrected chi connectivity index (χ2v) is 9.74. The molecule has 1 amide bonds. The van der Waals surface area contributed by atoms with Crippen LogP contribution in [0, 0.1) is 0 Å². The SMILES string of the molecule is COc1cc(C(=O)N=c2sc(-c3ccccc3)c(-c3ccc(-c4ccccc4)cc3)n2C)cc(OC)c1OC. The maximum atomic E-state index is 13.4. The van der Waals surface area contributed by atoms with Crippen LogP contribution in [0.15, 0.2) is 102 Å². The van der Waals surface area contributed by atoms with Crippen molar-refractivity contribution < 1.29 is 19.0 Å². The van der Waals surface area contributed by atoms with Gasteiger partial charge in [-0.15, -0.1) is 0 Å². The molecule has 0 aliphatic heterocycles. The highest BCUT2D eigenvalue weighted by atomic mass is 32.1. The fraction of sp³-hybridized carbons (Fsp3) is 0.125. The van der Waals surface area contributed by atoms with Crippen LogP contribution in [0.2, 0.25) is 0 Å². The molecule has 5 rings (SSSR count). The molecule has 0 fully saturated rings. The summed E-state index contributed by atoms with van der Waals surface area (Å²) < 4.78 is 18.2. The third-order valence-electron chi connectivity index (χ3n) is 6.44. The van der Waals surface area contributed by atoms with Gasteiger partial charge in [-0.1, -0.05) is 96.3 Å². The van der Waals surface area contributed by atoms with Crippen LogP contribution >= 0.6 is 11.3 Å². The van der Waals surface area contributed by atoms with Gasteiger partial charge in [0.15, 0.2) is 16.3 Å². The molecule has 0 unspecified atom stereocenters. The van der Waals surface area contributed by atoms with E-state index in [-0.39, 0.29) is 0 Å². The van der Waals surface area contributed by atoms with Crippen LogP contribution in [0.25, 0.3) is 32.8 Å². The molecule has 0 radical (unpaired) electrons. The summed E-state index contributed by atoms with van der Waals surface area (Å²) in [7, 11) is 6.49. The minimum absolute atomic E-state index is 0.341. The van der Waals surface area contributed by atoms with Crippen LogP contribution in [0.3, 0.4) is 0 Å². The topological polar surface area (TPSA) is 62.0 Å². The van der Waals surface area contributed by atoms with E-state index in [1.807, 2.05) is 48.0 Å². The summed E-state index contributed by atoms with van der Waals surface area (Å²) >= 11 is 1.47. The van der Waals surface area contributed by atoms with E-state index in [1.165, 1.54) is 32.7 Å². The van der Waals surface area contributed by atoms with Gasteiger partial charge in [-0.05, 0) is 34.4 Å². The van der Waals surface area contributed by atoms with Crippen molar-refractivity contribution >= 4 is 17.2 Å². The predicted octanol–water partition coefficient (Wildman–Crippen LogP) is 6.85. The molecule has 0 atom stereocenters. The highest BCUT2D eigenvalue weighted by molar-refractivity contribution is 7.13. The van der Waals surface area contributed by atoms with E-state index in [2.05, 4.69) is 53.5 Å². The Labute approximate surface area is 231 Å². The Kier molecular flexibility index (Phi) is 7.61. The van der Waals surface area contributed by atoms with Crippen molar-refractivity contribution in [1.29, 1.82) is 0 Å². The maximum absolute atomic E-state index is 13.4. The number of amides is 1. The highest BCUT2D eigenvalue weighted by Gasteiger charge is 2.19. The van der Waals surface area contributed by atoms with Gasteiger partial charge in [-0.25, -0.2) is 0 Å². The first kappa shape index (κ1) is 26.0. The molecule has 1 heterocycles. The second kappa shape index (κ2) is 11.4. The van der Waals surface area contributed by atoms with Crippen molar-refractivity contribution in [1.82, 2.24) is 4.57 Å². The van der Waals surface area contributed by atoms with E-state index in [0.717, 1.165) is 32.8 Å². The molecule has 39 heavy (non-hydrogen) atoms. The predicted molar refractivity (Wildman–Crippen MR) is 156 cm³/mol. The smallest absolute Gasteiger partial charge is 0.279 e. The number of hydrogen-bond donors (Lipinski definition) is 0. The first-order valence-corrected chi connectivity index (χ1v) is 13.2. The maximum Gasteiger partial charge on any atom is 0.279 e. The van der Waals surface area contributed by atoms with Crippen LogP contribution in [0.1, 0.15) is 10.4 Å². The van der Waals surface area contributed by atoms with Gasteiger partial charge < -0.3 is 18.8 Å². The minimum Gasteiger partial charge on any atom is -0.493 e. The number of aromatic nitrogens is 1. The first-order valence-electron chi connectivity index (χ1n) is 12.3. The van der Waals surface area contributed by atoms with Gasteiger partial charge >= 0.3 is 0 Å². The van der Waals surface area contributed by atoms with Gasteiger partial charge in [0.05, 0.1) is 31.9 Å². The number of nitrogens with zero attached hydrogens (tertiary/aromatic N) is 2. The molecule has 0 N–H and O–H groups in total. The number of methoxy groups -OCH3 is 3. The standard InChI is InChI=1S/C32H28N2O4S/c1-34-28(23-17-15-22(16-18-23)21-11-7-5-8-12-21)30(24-13-9-6-10-14-24)39-32(34)33-31(35)25-19-26(36-2)29(38-4)27(20-25)37-3/h5-20H,1-4H3. The average Bonchev–Trinajstić information content (AvgIpc) is 3.32. The summed E-state index contributed by atoms with van der Waals surface area (Å²) in [5.41, 5.74) is 5.72. The quantitative estimate of drug-likeness (QED) is 0.228. The zero-order valence-corrected chi connectivity index (χ0v) is 23.0. The Hall–Kier alpha value is -4.62. The fourth-order valence-corrected chi connectivity index (χ4v) is 5.62. The van der Waals surface area contributed by atoms with E-state index >= 15 is 0 Å². The van der Waals surface area contributed by atoms with Gasteiger partial charge in [0.2, 0.25) is 5.75 Å². The van der Waals surface area contributed by atoms with Crippen molar-refractivity contribution in [3.05, 3.63) is 107 Å². The highest BCUT2D eigenvalue weighted by Crippen LogP contribution is 2.39. The van der Waals surface area contributed by atoms with Crippen molar-refractivity contribution in [3.8, 4) is 50.1 Å². The van der Waals surface area contributed by atoms with E-state index in [4.69, 9.17) is 14.2 Å². The number of benzene rings is 4. The third-order valence-corrected chi connectivity index (χ3v) is 7.62. The fourth-order valence-electron chi connectivity index (χ4n) is 4.47. The molecule has 1 aromatic heterocycles. The minimum atomic E-state index is -0.406. The summed E-state index contributed by atoms with van der Waals surface area (Å²) in [6.07, 6.45) is 0. The number of carbonyl (C=O) groups excluding carboxylic acids is 1. The van der Waals surface area contributed by atoms with Crippen molar-refractivity contribution in [2.75, 3.05) is 21.3 Å². The molecule has 0 aliphatic carbocycles. The molecule has 0 spiro atoms. The molecule has 5 aromatic rings. The monoisotopic (exact) mass is 536 g/mol. The number of carbonyl (C=O) groups is 1. The molecule has 0 bridgehead atoms. The van der Waals surface area contributed by atoms with Gasteiger partial charge in [0.25, 0.3) is 5.91 Å². The third kappa shape index (κ3) is 5.22. The Morgan fingerprint density at radius 3 is 1.74 bits per heavy atom. The van der Waals surface area contributed by atoms with Crippen LogP contribution in [0.4, 0.5) is 0 Å². The van der Waals surface area contributed by atoms with Crippen molar-refractivity contribution in [3.63, 3.8) is 0 Å². The lowest BCUT2D eigenvalue weighted by molar-refractivity contribution is 0.0997. The first-order chi connectivity index (χ1) is 19.0. The van der Waals surface area contributed by atoms with Crippen LogP contribution < -0.4 is 19.0 Å². The van der Waals surface area contributed by atoms with Crippen LogP contribution in [-0.2, 0) is 7.05 Å². The molecular weight excluding hydrogens is 508 g/mol. The molecule has 0 aliphatic rings. The lowest BCUT2D eigenvalue weighted by atomic mass is 10.0. The zero-order valence-electron chi connectivity index (χ0n) is 22.2. The van der Waals surface area contributed by atoms with Gasteiger partial charge in [0, 0.05) is 12.6 Å². The lowest BCUT2D eigenvalue weighted by Gasteiger charge is -2.12.